The third kappa shape index (κ3) is 3.79. The Morgan fingerprint density at radius 1 is 1.47 bits per heavy atom. The van der Waals surface area contributed by atoms with E-state index in [-0.39, 0.29) is 5.91 Å². The molecule has 1 heterocycles. The average molecular weight is 280 g/mol. The van der Waals surface area contributed by atoms with Gasteiger partial charge in [-0.15, -0.1) is 0 Å². The van der Waals surface area contributed by atoms with Crippen LogP contribution in [0.1, 0.15) is 19.2 Å². The number of benzene rings is 1. The Balaban J connectivity index is 2.01. The van der Waals surface area contributed by atoms with Crippen LogP contribution in [0.4, 0.5) is 0 Å². The first-order chi connectivity index (χ1) is 9.19. The fourth-order valence-corrected chi connectivity index (χ4v) is 1.80. The molecule has 0 saturated heterocycles. The molecular weight excluding hydrogens is 266 g/mol. The van der Waals surface area contributed by atoms with Gasteiger partial charge in [-0.2, -0.15) is 4.98 Å². The van der Waals surface area contributed by atoms with E-state index in [4.69, 9.17) is 16.1 Å². The monoisotopic (exact) mass is 279 g/mol. The van der Waals surface area contributed by atoms with Gasteiger partial charge in [-0.3, -0.25) is 4.79 Å². The average Bonchev–Trinajstić information content (AvgIpc) is 2.85. The summed E-state index contributed by atoms with van der Waals surface area (Å²) in [5.41, 5.74) is 0.792. The van der Waals surface area contributed by atoms with Gasteiger partial charge in [0.05, 0.1) is 0 Å². The molecule has 2 rings (SSSR count). The summed E-state index contributed by atoms with van der Waals surface area (Å²) >= 11 is 5.90. The van der Waals surface area contributed by atoms with Crippen molar-refractivity contribution in [1.82, 2.24) is 15.5 Å². The molecule has 19 heavy (non-hydrogen) atoms. The SMILES string of the molecule is CCNC(=O)CCc1nc(-c2cccc(Cl)c2)no1. The number of halogens is 1. The maximum Gasteiger partial charge on any atom is 0.227 e. The number of carbonyl (C=O) groups excluding carboxylic acids is 1. The molecule has 0 atom stereocenters. The minimum Gasteiger partial charge on any atom is -0.356 e. The lowest BCUT2D eigenvalue weighted by molar-refractivity contribution is -0.121. The van der Waals surface area contributed by atoms with Gasteiger partial charge in [-0.25, -0.2) is 0 Å². The zero-order valence-electron chi connectivity index (χ0n) is 10.5. The van der Waals surface area contributed by atoms with E-state index < -0.39 is 0 Å². The maximum atomic E-state index is 11.3. The van der Waals surface area contributed by atoms with Crippen molar-refractivity contribution >= 4 is 17.5 Å². The molecule has 0 bridgehead atoms. The molecule has 1 N–H and O–H groups in total. The highest BCUT2D eigenvalue weighted by atomic mass is 35.5. The summed E-state index contributed by atoms with van der Waals surface area (Å²) in [6.45, 7) is 2.50. The molecule has 0 aliphatic heterocycles. The van der Waals surface area contributed by atoms with Crippen molar-refractivity contribution in [3.8, 4) is 11.4 Å². The second-order valence-corrected chi connectivity index (χ2v) is 4.41. The quantitative estimate of drug-likeness (QED) is 0.913. The summed E-state index contributed by atoms with van der Waals surface area (Å²) in [5, 5.41) is 7.21. The molecule has 2 aromatic rings. The summed E-state index contributed by atoms with van der Waals surface area (Å²) in [5.74, 6) is 0.902. The lowest BCUT2D eigenvalue weighted by atomic mass is 10.2. The van der Waals surface area contributed by atoms with Gasteiger partial charge >= 0.3 is 0 Å². The van der Waals surface area contributed by atoms with Crippen LogP contribution in [0.5, 0.6) is 0 Å². The lowest BCUT2D eigenvalue weighted by Crippen LogP contribution is -2.22. The Morgan fingerprint density at radius 2 is 2.32 bits per heavy atom. The highest BCUT2D eigenvalue weighted by Gasteiger charge is 2.10. The molecule has 0 aliphatic rings. The molecule has 100 valence electrons. The number of nitrogens with zero attached hydrogens (tertiary/aromatic N) is 2. The van der Waals surface area contributed by atoms with Gasteiger partial charge < -0.3 is 9.84 Å². The summed E-state index contributed by atoms with van der Waals surface area (Å²) in [6, 6.07) is 7.22. The van der Waals surface area contributed by atoms with Crippen LogP contribution in [0.25, 0.3) is 11.4 Å². The molecule has 0 aliphatic carbocycles. The van der Waals surface area contributed by atoms with Crippen molar-refractivity contribution < 1.29 is 9.32 Å². The number of carbonyl (C=O) groups is 1. The van der Waals surface area contributed by atoms with Crippen molar-refractivity contribution in [3.05, 3.63) is 35.2 Å². The van der Waals surface area contributed by atoms with Crippen LogP contribution in [0.3, 0.4) is 0 Å². The van der Waals surface area contributed by atoms with E-state index in [0.717, 1.165) is 5.56 Å². The molecule has 0 fully saturated rings. The van der Waals surface area contributed by atoms with Crippen LogP contribution in [-0.2, 0) is 11.2 Å². The molecule has 0 unspecified atom stereocenters. The van der Waals surface area contributed by atoms with Gasteiger partial charge in [-0.1, -0.05) is 28.9 Å². The summed E-state index contributed by atoms with van der Waals surface area (Å²) < 4.78 is 5.10. The highest BCUT2D eigenvalue weighted by molar-refractivity contribution is 6.30. The standard InChI is InChI=1S/C13H14ClN3O2/c1-2-15-11(18)6-7-12-16-13(17-19-12)9-4-3-5-10(14)8-9/h3-5,8H,2,6-7H2,1H3,(H,15,18). The molecular formula is C13H14ClN3O2. The molecule has 1 amide bonds. The van der Waals surface area contributed by atoms with Crippen LogP contribution in [0.15, 0.2) is 28.8 Å². The largest absolute Gasteiger partial charge is 0.356 e. The number of hydrogen-bond acceptors (Lipinski definition) is 4. The van der Waals surface area contributed by atoms with Crippen molar-refractivity contribution in [2.24, 2.45) is 0 Å². The zero-order chi connectivity index (χ0) is 13.7. The van der Waals surface area contributed by atoms with Gasteiger partial charge in [0.15, 0.2) is 0 Å². The number of aryl methyl sites for hydroxylation is 1. The van der Waals surface area contributed by atoms with Crippen molar-refractivity contribution in [3.63, 3.8) is 0 Å². The van der Waals surface area contributed by atoms with E-state index in [1.807, 2.05) is 19.1 Å². The highest BCUT2D eigenvalue weighted by Crippen LogP contribution is 2.20. The van der Waals surface area contributed by atoms with Crippen LogP contribution >= 0.6 is 11.6 Å². The molecule has 1 aromatic heterocycles. The molecule has 6 heteroatoms. The van der Waals surface area contributed by atoms with Gasteiger partial charge in [-0.05, 0) is 19.1 Å². The maximum absolute atomic E-state index is 11.3. The second-order valence-electron chi connectivity index (χ2n) is 3.98. The normalized spacial score (nSPS) is 10.4. The lowest BCUT2D eigenvalue weighted by Gasteiger charge is -1.98. The van der Waals surface area contributed by atoms with E-state index in [2.05, 4.69) is 15.5 Å². The third-order valence-corrected chi connectivity index (χ3v) is 2.73. The van der Waals surface area contributed by atoms with Crippen molar-refractivity contribution in [2.75, 3.05) is 6.54 Å². The van der Waals surface area contributed by atoms with E-state index in [1.54, 1.807) is 12.1 Å². The number of amides is 1. The molecule has 5 nitrogen and oxygen atoms in total. The predicted octanol–water partition coefficient (Wildman–Crippen LogP) is 2.46. The Morgan fingerprint density at radius 3 is 3.05 bits per heavy atom. The minimum absolute atomic E-state index is 0.0231. The Bertz CT molecular complexity index is 569. The molecule has 1 aromatic carbocycles. The number of rotatable bonds is 5. The third-order valence-electron chi connectivity index (χ3n) is 2.49. The molecule has 0 radical (unpaired) electrons. The second kappa shape index (κ2) is 6.33. The Hall–Kier alpha value is -1.88. The first-order valence-corrected chi connectivity index (χ1v) is 6.42. The van der Waals surface area contributed by atoms with Gasteiger partial charge in [0.1, 0.15) is 0 Å². The predicted molar refractivity (Wildman–Crippen MR) is 71.7 cm³/mol. The number of hydrogen-bond donors (Lipinski definition) is 1. The van der Waals surface area contributed by atoms with E-state index in [9.17, 15) is 4.79 Å². The smallest absolute Gasteiger partial charge is 0.227 e. The summed E-state index contributed by atoms with van der Waals surface area (Å²) in [7, 11) is 0. The van der Waals surface area contributed by atoms with E-state index >= 15 is 0 Å². The number of nitrogens with one attached hydrogen (secondary N) is 1. The molecule has 0 spiro atoms. The van der Waals surface area contributed by atoms with Crippen LogP contribution in [0.2, 0.25) is 5.02 Å². The first-order valence-electron chi connectivity index (χ1n) is 6.04. The van der Waals surface area contributed by atoms with Gasteiger partial charge in [0.25, 0.3) is 0 Å². The van der Waals surface area contributed by atoms with Crippen LogP contribution in [-0.4, -0.2) is 22.6 Å². The fourth-order valence-electron chi connectivity index (χ4n) is 1.61. The summed E-state index contributed by atoms with van der Waals surface area (Å²) in [4.78, 5) is 15.6. The van der Waals surface area contributed by atoms with Gasteiger partial charge in [0.2, 0.25) is 17.6 Å². The first kappa shape index (κ1) is 13.5. The van der Waals surface area contributed by atoms with E-state index in [0.29, 0.717) is 36.1 Å². The molecule has 0 saturated carbocycles. The van der Waals surface area contributed by atoms with E-state index in [1.165, 1.54) is 0 Å². The minimum atomic E-state index is -0.0231. The Labute approximate surface area is 116 Å². The zero-order valence-corrected chi connectivity index (χ0v) is 11.3. The van der Waals surface area contributed by atoms with Crippen LogP contribution < -0.4 is 5.32 Å². The summed E-state index contributed by atoms with van der Waals surface area (Å²) in [6.07, 6.45) is 0.768. The van der Waals surface area contributed by atoms with Crippen molar-refractivity contribution in [2.45, 2.75) is 19.8 Å². The topological polar surface area (TPSA) is 68.0 Å². The Kier molecular flexibility index (Phi) is 4.52. The van der Waals surface area contributed by atoms with Crippen molar-refractivity contribution in [1.29, 1.82) is 0 Å². The van der Waals surface area contributed by atoms with Crippen LogP contribution in [0, 0.1) is 0 Å². The fraction of sp³-hybridized carbons (Fsp3) is 0.308. The number of aromatic nitrogens is 2. The van der Waals surface area contributed by atoms with Gasteiger partial charge in [0, 0.05) is 30.0 Å².